The lowest BCUT2D eigenvalue weighted by atomic mass is 9.71. The Bertz CT molecular complexity index is 659. The largest absolute Gasteiger partial charge is 0.385 e. The maximum Gasteiger partial charge on any atom is 0.288 e. The molecule has 222 valence electrons. The number of ether oxygens (including phenoxy) is 6. The SMILES string of the molecule is CCCCCCCCC(CCCNc1ccccc1)(CCC(OC)(OC)OC)C(OCC)(OCC)OCC. The fraction of sp³-hybridized carbons (Fsp3) is 0.806. The Kier molecular flexibility index (Phi) is 18.1. The highest BCUT2D eigenvalue weighted by atomic mass is 16.9. The molecule has 1 N–H and O–H groups in total. The Morgan fingerprint density at radius 1 is 0.605 bits per heavy atom. The number of benzene rings is 1. The van der Waals surface area contributed by atoms with Crippen molar-refractivity contribution in [3.63, 3.8) is 0 Å². The Hall–Kier alpha value is -1.22. The van der Waals surface area contributed by atoms with E-state index in [9.17, 15) is 0 Å². The van der Waals surface area contributed by atoms with Crippen LogP contribution in [0.15, 0.2) is 30.3 Å². The molecule has 1 unspecified atom stereocenters. The van der Waals surface area contributed by atoms with Crippen LogP contribution in [-0.2, 0) is 28.4 Å². The van der Waals surface area contributed by atoms with Crippen molar-refractivity contribution in [3.05, 3.63) is 30.3 Å². The first-order chi connectivity index (χ1) is 18.5. The molecular formula is C31H57NO6. The molecule has 0 spiro atoms. The highest BCUT2D eigenvalue weighted by Gasteiger charge is 2.55. The molecule has 1 aromatic carbocycles. The zero-order chi connectivity index (χ0) is 28.2. The van der Waals surface area contributed by atoms with Gasteiger partial charge in [0.05, 0.1) is 5.41 Å². The average molecular weight is 540 g/mol. The lowest BCUT2D eigenvalue weighted by molar-refractivity contribution is -0.436. The monoisotopic (exact) mass is 539 g/mol. The number of methoxy groups -OCH3 is 3. The second kappa shape index (κ2) is 19.8. The number of nitrogens with one attached hydrogen (secondary N) is 1. The minimum absolute atomic E-state index is 0.432. The predicted octanol–water partition coefficient (Wildman–Crippen LogP) is 7.75. The molecule has 7 heteroatoms. The molecule has 0 aliphatic carbocycles. The van der Waals surface area contributed by atoms with Crippen LogP contribution in [0.1, 0.15) is 98.3 Å². The van der Waals surface area contributed by atoms with Crippen LogP contribution < -0.4 is 5.32 Å². The minimum atomic E-state index is -1.16. The summed E-state index contributed by atoms with van der Waals surface area (Å²) >= 11 is 0. The van der Waals surface area contributed by atoms with E-state index in [-0.39, 0.29) is 0 Å². The van der Waals surface area contributed by atoms with Crippen LogP contribution in [0.25, 0.3) is 0 Å². The van der Waals surface area contributed by atoms with E-state index in [2.05, 4.69) is 36.5 Å². The van der Waals surface area contributed by atoms with E-state index in [1.165, 1.54) is 32.1 Å². The van der Waals surface area contributed by atoms with Gasteiger partial charge >= 0.3 is 0 Å². The third-order valence-corrected chi connectivity index (χ3v) is 7.44. The van der Waals surface area contributed by atoms with Gasteiger partial charge in [0, 0.05) is 59.8 Å². The Balaban J connectivity index is 3.32. The molecule has 0 aliphatic heterocycles. The van der Waals surface area contributed by atoms with Gasteiger partial charge in [-0.2, -0.15) is 0 Å². The predicted molar refractivity (Wildman–Crippen MR) is 155 cm³/mol. The minimum Gasteiger partial charge on any atom is -0.385 e. The fourth-order valence-corrected chi connectivity index (χ4v) is 5.40. The zero-order valence-corrected chi connectivity index (χ0v) is 25.4. The molecule has 0 radical (unpaired) electrons. The molecule has 0 aliphatic rings. The van der Waals surface area contributed by atoms with Crippen LogP contribution in [-0.4, -0.2) is 59.6 Å². The first kappa shape index (κ1) is 34.8. The highest BCUT2D eigenvalue weighted by Crippen LogP contribution is 2.50. The number of unbranched alkanes of at least 4 members (excludes halogenated alkanes) is 5. The first-order valence-electron chi connectivity index (χ1n) is 14.8. The van der Waals surface area contributed by atoms with E-state index >= 15 is 0 Å². The molecule has 1 atom stereocenters. The van der Waals surface area contributed by atoms with Crippen molar-refractivity contribution in [2.45, 2.75) is 110 Å². The molecule has 0 bridgehead atoms. The Morgan fingerprint density at radius 3 is 1.66 bits per heavy atom. The van der Waals surface area contributed by atoms with Crippen LogP contribution in [0.2, 0.25) is 0 Å². The van der Waals surface area contributed by atoms with Crippen LogP contribution >= 0.6 is 0 Å². The molecule has 0 heterocycles. The van der Waals surface area contributed by atoms with Gasteiger partial charge in [-0.25, -0.2) is 0 Å². The van der Waals surface area contributed by atoms with Crippen molar-refractivity contribution in [3.8, 4) is 0 Å². The van der Waals surface area contributed by atoms with E-state index in [1.54, 1.807) is 21.3 Å². The number of para-hydroxylation sites is 1. The summed E-state index contributed by atoms with van der Waals surface area (Å²) in [5.41, 5.74) is 0.691. The number of anilines is 1. The molecule has 0 saturated carbocycles. The van der Waals surface area contributed by atoms with Gasteiger partial charge in [0.1, 0.15) is 0 Å². The molecule has 0 saturated heterocycles. The Morgan fingerprint density at radius 2 is 1.13 bits per heavy atom. The lowest BCUT2D eigenvalue weighted by Gasteiger charge is -2.50. The van der Waals surface area contributed by atoms with Crippen molar-refractivity contribution in [2.24, 2.45) is 5.41 Å². The topological polar surface area (TPSA) is 67.4 Å². The number of hydrogen-bond acceptors (Lipinski definition) is 7. The third kappa shape index (κ3) is 10.7. The van der Waals surface area contributed by atoms with Gasteiger partial charge in [-0.05, 0) is 58.6 Å². The normalized spacial score (nSPS) is 14.0. The van der Waals surface area contributed by atoms with Gasteiger partial charge in [-0.3, -0.25) is 0 Å². The maximum atomic E-state index is 6.47. The summed E-state index contributed by atoms with van der Waals surface area (Å²) in [5.74, 6) is -2.30. The summed E-state index contributed by atoms with van der Waals surface area (Å²) in [6.45, 7) is 10.6. The van der Waals surface area contributed by atoms with Gasteiger partial charge in [0.2, 0.25) is 0 Å². The van der Waals surface area contributed by atoms with E-state index in [4.69, 9.17) is 28.4 Å². The van der Waals surface area contributed by atoms with E-state index in [1.807, 2.05) is 26.8 Å². The Labute approximate surface area is 233 Å². The average Bonchev–Trinajstić information content (AvgIpc) is 2.94. The summed E-state index contributed by atoms with van der Waals surface area (Å²) < 4.78 is 36.5. The van der Waals surface area contributed by atoms with Crippen LogP contribution in [0, 0.1) is 5.41 Å². The summed E-state index contributed by atoms with van der Waals surface area (Å²) in [4.78, 5) is 0. The van der Waals surface area contributed by atoms with Gasteiger partial charge in [-0.1, -0.05) is 63.6 Å². The van der Waals surface area contributed by atoms with E-state index in [0.29, 0.717) is 32.7 Å². The summed E-state index contributed by atoms with van der Waals surface area (Å²) in [5, 5.41) is 3.56. The third-order valence-electron chi connectivity index (χ3n) is 7.44. The van der Waals surface area contributed by atoms with Gasteiger partial charge in [-0.15, -0.1) is 0 Å². The van der Waals surface area contributed by atoms with Gasteiger partial charge in [0.25, 0.3) is 11.9 Å². The van der Waals surface area contributed by atoms with Gasteiger partial charge in [0.15, 0.2) is 0 Å². The zero-order valence-electron chi connectivity index (χ0n) is 25.4. The summed E-state index contributed by atoms with van der Waals surface area (Å²) in [7, 11) is 4.85. The lowest BCUT2D eigenvalue weighted by Crippen LogP contribution is -2.56. The second-order valence-corrected chi connectivity index (χ2v) is 9.85. The molecule has 0 fully saturated rings. The summed E-state index contributed by atoms with van der Waals surface area (Å²) in [6.07, 6.45) is 11.2. The van der Waals surface area contributed by atoms with E-state index < -0.39 is 17.4 Å². The summed E-state index contributed by atoms with van der Waals surface area (Å²) in [6, 6.07) is 10.3. The van der Waals surface area contributed by atoms with Crippen molar-refractivity contribution in [1.29, 1.82) is 0 Å². The van der Waals surface area contributed by atoms with Crippen molar-refractivity contribution in [2.75, 3.05) is 53.0 Å². The standard InChI is InChI=1S/C31H57NO6/c1-8-12-13-14-15-19-23-29(25-26-30(33-5,34-6)35-7,31(36-9-2,37-10-3)38-11-4)24-20-27-32-28-21-17-16-18-22-28/h16-18,21-22,32H,8-15,19-20,23-27H2,1-7H3. The molecule has 1 aromatic rings. The quantitative estimate of drug-likeness (QED) is 0.101. The van der Waals surface area contributed by atoms with Gasteiger partial charge < -0.3 is 33.7 Å². The number of hydrogen-bond donors (Lipinski definition) is 1. The second-order valence-electron chi connectivity index (χ2n) is 9.85. The molecule has 7 nitrogen and oxygen atoms in total. The van der Waals surface area contributed by atoms with Crippen LogP contribution in [0.5, 0.6) is 0 Å². The van der Waals surface area contributed by atoms with Crippen molar-refractivity contribution in [1.82, 2.24) is 0 Å². The van der Waals surface area contributed by atoms with E-state index in [0.717, 1.165) is 37.9 Å². The smallest absolute Gasteiger partial charge is 0.288 e. The molecular weight excluding hydrogens is 482 g/mol. The van der Waals surface area contributed by atoms with Crippen LogP contribution in [0.4, 0.5) is 5.69 Å². The van der Waals surface area contributed by atoms with Crippen molar-refractivity contribution >= 4 is 5.69 Å². The maximum absolute atomic E-state index is 6.47. The number of rotatable bonds is 25. The highest BCUT2D eigenvalue weighted by molar-refractivity contribution is 5.42. The first-order valence-corrected chi connectivity index (χ1v) is 14.8. The van der Waals surface area contributed by atoms with Crippen molar-refractivity contribution < 1.29 is 28.4 Å². The molecule has 38 heavy (non-hydrogen) atoms. The van der Waals surface area contributed by atoms with Crippen LogP contribution in [0.3, 0.4) is 0 Å². The molecule has 1 rings (SSSR count). The molecule has 0 amide bonds. The molecule has 0 aromatic heterocycles. The fourth-order valence-electron chi connectivity index (χ4n) is 5.40.